The monoisotopic (exact) mass is 282 g/mol. The molecule has 110 valence electrons. The van der Waals surface area contributed by atoms with Crippen LogP contribution in [-0.2, 0) is 16.1 Å². The fourth-order valence-electron chi connectivity index (χ4n) is 1.37. The van der Waals surface area contributed by atoms with Crippen molar-refractivity contribution in [3.05, 3.63) is 35.9 Å². The molecule has 0 radical (unpaired) electrons. The summed E-state index contributed by atoms with van der Waals surface area (Å²) in [4.78, 5) is 22.4. The molecule has 1 aromatic carbocycles. The summed E-state index contributed by atoms with van der Waals surface area (Å²) in [5.41, 5.74) is 0.857. The molecule has 1 rings (SSSR count). The van der Waals surface area contributed by atoms with Crippen molar-refractivity contribution in [1.29, 1.82) is 0 Å². The van der Waals surface area contributed by atoms with Crippen LogP contribution in [0.5, 0.6) is 0 Å². The third-order valence-corrected chi connectivity index (χ3v) is 2.43. The number of carbonyl (C=O) groups is 2. The Morgan fingerprint density at radius 3 is 2.55 bits per heavy atom. The van der Waals surface area contributed by atoms with E-state index in [4.69, 9.17) is 9.84 Å². The van der Waals surface area contributed by atoms with Crippen LogP contribution >= 0.6 is 0 Å². The summed E-state index contributed by atoms with van der Waals surface area (Å²) < 4.78 is 9.37. The van der Waals surface area contributed by atoms with Crippen LogP contribution in [0.25, 0.3) is 0 Å². The van der Waals surface area contributed by atoms with Crippen molar-refractivity contribution in [2.45, 2.75) is 12.6 Å². The lowest BCUT2D eigenvalue weighted by atomic mass is 10.2. The largest absolute Gasteiger partial charge is 0.453 e. The van der Waals surface area contributed by atoms with Crippen LogP contribution in [0, 0.1) is 0 Å². The molecule has 0 saturated carbocycles. The highest BCUT2D eigenvalue weighted by Gasteiger charge is 2.13. The number of ether oxygens (including phenoxy) is 2. The Balaban J connectivity index is 2.30. The summed E-state index contributed by atoms with van der Waals surface area (Å²) in [5, 5.41) is 13.9. The van der Waals surface area contributed by atoms with Gasteiger partial charge in [-0.15, -0.1) is 0 Å². The number of rotatable bonds is 6. The number of carbonyl (C=O) groups excluding carboxylic acids is 2. The third kappa shape index (κ3) is 6.05. The molecule has 0 fully saturated rings. The lowest BCUT2D eigenvalue weighted by Gasteiger charge is -2.16. The molecule has 1 atom stereocenters. The summed E-state index contributed by atoms with van der Waals surface area (Å²) in [6.07, 6.45) is -1.30. The van der Waals surface area contributed by atoms with E-state index in [1.165, 1.54) is 7.11 Å². The first-order chi connectivity index (χ1) is 9.65. The van der Waals surface area contributed by atoms with Crippen LogP contribution in [-0.4, -0.2) is 43.6 Å². The van der Waals surface area contributed by atoms with Gasteiger partial charge in [0, 0.05) is 6.54 Å². The zero-order chi connectivity index (χ0) is 14.8. The van der Waals surface area contributed by atoms with Crippen LogP contribution < -0.4 is 10.6 Å². The second-order valence-corrected chi connectivity index (χ2v) is 3.96. The Bertz CT molecular complexity index is 424. The maximum Gasteiger partial charge on any atom is 0.407 e. The minimum atomic E-state index is -0.667. The predicted octanol–water partition coefficient (Wildman–Crippen LogP) is 0.630. The number of hydrogen-bond donors (Lipinski definition) is 3. The summed E-state index contributed by atoms with van der Waals surface area (Å²) in [6, 6.07) is 8.56. The Hall–Kier alpha value is -2.28. The number of alkyl carbamates (subject to hydrolysis) is 2. The molecule has 2 amide bonds. The van der Waals surface area contributed by atoms with Crippen molar-refractivity contribution in [2.24, 2.45) is 0 Å². The van der Waals surface area contributed by atoms with Crippen molar-refractivity contribution in [2.75, 3.05) is 20.3 Å². The molecule has 0 saturated heterocycles. The Morgan fingerprint density at radius 2 is 1.95 bits per heavy atom. The van der Waals surface area contributed by atoms with Gasteiger partial charge in [0.05, 0.1) is 19.8 Å². The van der Waals surface area contributed by atoms with E-state index in [0.717, 1.165) is 5.56 Å². The minimum absolute atomic E-state index is 0.0452. The van der Waals surface area contributed by atoms with Gasteiger partial charge in [-0.05, 0) is 5.56 Å². The summed E-state index contributed by atoms with van der Waals surface area (Å²) in [6.45, 7) is -0.150. The smallest absolute Gasteiger partial charge is 0.407 e. The van der Waals surface area contributed by atoms with E-state index in [0.29, 0.717) is 0 Å². The zero-order valence-electron chi connectivity index (χ0n) is 11.2. The molecular weight excluding hydrogens is 264 g/mol. The summed E-state index contributed by atoms with van der Waals surface area (Å²) in [5.74, 6) is 0. The number of nitrogens with one attached hydrogen (secondary N) is 2. The van der Waals surface area contributed by atoms with Crippen LogP contribution in [0.1, 0.15) is 5.56 Å². The van der Waals surface area contributed by atoms with Gasteiger partial charge < -0.3 is 25.2 Å². The zero-order valence-corrected chi connectivity index (χ0v) is 11.2. The second kappa shape index (κ2) is 8.76. The van der Waals surface area contributed by atoms with Crippen molar-refractivity contribution in [3.8, 4) is 0 Å². The van der Waals surface area contributed by atoms with Crippen molar-refractivity contribution in [1.82, 2.24) is 10.6 Å². The van der Waals surface area contributed by atoms with Crippen LogP contribution in [0.15, 0.2) is 30.3 Å². The Morgan fingerprint density at radius 1 is 1.25 bits per heavy atom. The SMILES string of the molecule is COC(=O)NC[C@@H](CO)NC(=O)OCc1ccccc1. The molecule has 0 aliphatic carbocycles. The molecule has 3 N–H and O–H groups in total. The van der Waals surface area contributed by atoms with Gasteiger partial charge in [-0.3, -0.25) is 0 Å². The quantitative estimate of drug-likeness (QED) is 0.711. The molecule has 0 unspecified atom stereocenters. The minimum Gasteiger partial charge on any atom is -0.453 e. The van der Waals surface area contributed by atoms with Gasteiger partial charge in [-0.1, -0.05) is 30.3 Å². The molecule has 0 spiro atoms. The molecule has 0 aliphatic rings. The van der Waals surface area contributed by atoms with Gasteiger partial charge in [-0.25, -0.2) is 9.59 Å². The van der Waals surface area contributed by atoms with Crippen molar-refractivity contribution < 1.29 is 24.2 Å². The maximum absolute atomic E-state index is 11.5. The second-order valence-electron chi connectivity index (χ2n) is 3.96. The predicted molar refractivity (Wildman–Crippen MR) is 71.0 cm³/mol. The van der Waals surface area contributed by atoms with Crippen LogP contribution in [0.4, 0.5) is 9.59 Å². The Kier molecular flexibility index (Phi) is 6.91. The van der Waals surface area contributed by atoms with Gasteiger partial charge >= 0.3 is 12.2 Å². The molecule has 0 bridgehead atoms. The molecule has 0 heterocycles. The van der Waals surface area contributed by atoms with E-state index in [1.807, 2.05) is 30.3 Å². The van der Waals surface area contributed by atoms with Crippen molar-refractivity contribution in [3.63, 3.8) is 0 Å². The summed E-state index contributed by atoms with van der Waals surface area (Å²) in [7, 11) is 1.23. The Labute approximate surface area is 116 Å². The van der Waals surface area contributed by atoms with E-state index in [-0.39, 0.29) is 19.8 Å². The topological polar surface area (TPSA) is 96.9 Å². The maximum atomic E-state index is 11.5. The average Bonchev–Trinajstić information content (AvgIpc) is 2.49. The number of benzene rings is 1. The average molecular weight is 282 g/mol. The number of methoxy groups -OCH3 is 1. The van der Waals surface area contributed by atoms with Gasteiger partial charge in [0.25, 0.3) is 0 Å². The molecule has 20 heavy (non-hydrogen) atoms. The lowest BCUT2D eigenvalue weighted by Crippen LogP contribution is -2.46. The highest BCUT2D eigenvalue weighted by atomic mass is 16.5. The molecular formula is C13H18N2O5. The lowest BCUT2D eigenvalue weighted by molar-refractivity contribution is 0.127. The van der Waals surface area contributed by atoms with Crippen molar-refractivity contribution >= 4 is 12.2 Å². The molecule has 1 aromatic rings. The molecule has 0 aromatic heterocycles. The fraction of sp³-hybridized carbons (Fsp3) is 0.385. The van der Waals surface area contributed by atoms with E-state index in [2.05, 4.69) is 15.4 Å². The van der Waals surface area contributed by atoms with E-state index in [1.54, 1.807) is 0 Å². The van der Waals surface area contributed by atoms with Gasteiger partial charge in [-0.2, -0.15) is 0 Å². The fourth-order valence-corrected chi connectivity index (χ4v) is 1.37. The standard InChI is InChI=1S/C13H18N2O5/c1-19-12(17)14-7-11(8-16)15-13(18)20-9-10-5-3-2-4-6-10/h2-6,11,16H,7-9H2,1H3,(H,14,17)(H,15,18)/t11-/m0/s1. The molecule has 7 heteroatoms. The highest BCUT2D eigenvalue weighted by Crippen LogP contribution is 2.00. The first-order valence-corrected chi connectivity index (χ1v) is 6.05. The first-order valence-electron chi connectivity index (χ1n) is 6.05. The summed E-state index contributed by atoms with van der Waals surface area (Å²) >= 11 is 0. The number of aliphatic hydroxyl groups excluding tert-OH is 1. The normalized spacial score (nSPS) is 11.3. The van der Waals surface area contributed by atoms with E-state index in [9.17, 15) is 9.59 Å². The number of hydrogen-bond acceptors (Lipinski definition) is 5. The number of amides is 2. The third-order valence-electron chi connectivity index (χ3n) is 2.43. The van der Waals surface area contributed by atoms with Crippen LogP contribution in [0.2, 0.25) is 0 Å². The first kappa shape index (κ1) is 15.8. The molecule has 0 aliphatic heterocycles. The number of aliphatic hydroxyl groups is 1. The molecule has 7 nitrogen and oxygen atoms in total. The van der Waals surface area contributed by atoms with E-state index < -0.39 is 18.2 Å². The van der Waals surface area contributed by atoms with E-state index >= 15 is 0 Å². The van der Waals surface area contributed by atoms with Crippen LogP contribution in [0.3, 0.4) is 0 Å². The van der Waals surface area contributed by atoms with Gasteiger partial charge in [0.15, 0.2) is 0 Å². The highest BCUT2D eigenvalue weighted by molar-refractivity contribution is 5.68. The van der Waals surface area contributed by atoms with Gasteiger partial charge in [0.1, 0.15) is 6.61 Å². The van der Waals surface area contributed by atoms with Gasteiger partial charge in [0.2, 0.25) is 0 Å².